The minimum Gasteiger partial charge on any atom is -0.462 e. The Labute approximate surface area is 304 Å². The summed E-state index contributed by atoms with van der Waals surface area (Å²) in [5.41, 5.74) is 5.34. The standard InChI is InChI=1S/C39H74NO9P/c1-3-5-7-8-9-10-11-12-13-14-18-21-25-29-38(41)45-33-35(34-47-50(43,44)46-32-31-40)48-39(42)30-26-22-19-16-15-17-20-24-28-37-36(49-37)27-23-6-4-2/h20,24,35-37H,3-19,21-23,25-34,40H2,1-2H3,(H,43,44)/b24-20-/t35-,36?,37?/m1/s1. The fourth-order valence-electron chi connectivity index (χ4n) is 5.93. The molecule has 1 aliphatic heterocycles. The first-order chi connectivity index (χ1) is 24.3. The van der Waals surface area contributed by atoms with Crippen LogP contribution >= 0.6 is 7.82 Å². The van der Waals surface area contributed by atoms with Crippen molar-refractivity contribution in [2.75, 3.05) is 26.4 Å². The van der Waals surface area contributed by atoms with Gasteiger partial charge in [-0.3, -0.25) is 18.6 Å². The number of epoxide rings is 1. The predicted molar refractivity (Wildman–Crippen MR) is 201 cm³/mol. The minimum absolute atomic E-state index is 0.0509. The minimum atomic E-state index is -4.38. The number of rotatable bonds is 37. The van der Waals surface area contributed by atoms with Crippen molar-refractivity contribution in [1.82, 2.24) is 0 Å². The number of unbranched alkanes of at least 4 members (excludes halogenated alkanes) is 19. The normalized spacial score (nSPS) is 17.5. The van der Waals surface area contributed by atoms with Gasteiger partial charge in [-0.05, 0) is 38.5 Å². The number of ether oxygens (including phenoxy) is 3. The van der Waals surface area contributed by atoms with Gasteiger partial charge in [-0.2, -0.15) is 0 Å². The van der Waals surface area contributed by atoms with Crippen LogP contribution in [-0.2, 0) is 37.4 Å². The Morgan fingerprint density at radius 1 is 0.700 bits per heavy atom. The zero-order chi connectivity index (χ0) is 36.5. The first kappa shape index (κ1) is 46.7. The van der Waals surface area contributed by atoms with Crippen LogP contribution in [0.15, 0.2) is 12.2 Å². The van der Waals surface area contributed by atoms with Crippen molar-refractivity contribution >= 4 is 19.8 Å². The Morgan fingerprint density at radius 2 is 1.24 bits per heavy atom. The van der Waals surface area contributed by atoms with Gasteiger partial charge in [-0.1, -0.05) is 142 Å². The van der Waals surface area contributed by atoms with Crippen molar-refractivity contribution in [3.8, 4) is 0 Å². The van der Waals surface area contributed by atoms with Crippen molar-refractivity contribution < 1.29 is 42.3 Å². The van der Waals surface area contributed by atoms with Crippen molar-refractivity contribution in [3.63, 3.8) is 0 Å². The molecule has 0 amide bonds. The largest absolute Gasteiger partial charge is 0.472 e. The number of carbonyl (C=O) groups excluding carboxylic acids is 2. The third-order valence-electron chi connectivity index (χ3n) is 9.08. The van der Waals surface area contributed by atoms with E-state index in [1.165, 1.54) is 89.9 Å². The van der Waals surface area contributed by atoms with Crippen LogP contribution in [0.2, 0.25) is 0 Å². The number of allylic oxidation sites excluding steroid dienone is 1. The Morgan fingerprint density at radius 3 is 1.84 bits per heavy atom. The molecular weight excluding hydrogens is 657 g/mol. The Bertz CT molecular complexity index is 903. The molecule has 3 unspecified atom stereocenters. The van der Waals surface area contributed by atoms with Gasteiger partial charge in [0.1, 0.15) is 6.61 Å². The molecule has 0 bridgehead atoms. The summed E-state index contributed by atoms with van der Waals surface area (Å²) in [6.07, 6.45) is 32.6. The van der Waals surface area contributed by atoms with E-state index in [4.69, 9.17) is 29.0 Å². The second kappa shape index (κ2) is 32.4. The predicted octanol–water partition coefficient (Wildman–Crippen LogP) is 10.0. The number of hydrogen-bond acceptors (Lipinski definition) is 9. The van der Waals surface area contributed by atoms with E-state index >= 15 is 0 Å². The molecule has 1 rings (SSSR count). The average Bonchev–Trinajstić information content (AvgIpc) is 3.85. The van der Waals surface area contributed by atoms with Gasteiger partial charge >= 0.3 is 19.8 Å². The number of nitrogens with two attached hydrogens (primary N) is 1. The summed E-state index contributed by atoms with van der Waals surface area (Å²) in [5, 5.41) is 0. The highest BCUT2D eigenvalue weighted by atomic mass is 31.2. The van der Waals surface area contributed by atoms with Gasteiger partial charge in [-0.15, -0.1) is 0 Å². The SMILES string of the molecule is CCCCCCCCCCCCCCCC(=O)OC[C@H](COP(=O)(O)OCCN)OC(=O)CCCCCCC/C=C\CC1OC1CCCCC. The molecule has 0 aromatic heterocycles. The van der Waals surface area contributed by atoms with Crippen LogP contribution in [0.5, 0.6) is 0 Å². The molecule has 11 heteroatoms. The molecule has 1 aliphatic rings. The molecule has 0 aromatic carbocycles. The van der Waals surface area contributed by atoms with Gasteiger partial charge in [0.05, 0.1) is 25.4 Å². The average molecular weight is 732 g/mol. The first-order valence-electron chi connectivity index (χ1n) is 20.3. The number of phosphoric ester groups is 1. The topological polar surface area (TPSA) is 147 Å². The van der Waals surface area contributed by atoms with Crippen LogP contribution in [0.1, 0.15) is 181 Å². The van der Waals surface area contributed by atoms with Gasteiger partial charge < -0.3 is 24.8 Å². The first-order valence-corrected chi connectivity index (χ1v) is 21.8. The number of carbonyl (C=O) groups is 2. The monoisotopic (exact) mass is 732 g/mol. The molecule has 1 saturated heterocycles. The number of esters is 2. The molecule has 0 saturated carbocycles. The maximum absolute atomic E-state index is 12.6. The fraction of sp³-hybridized carbons (Fsp3) is 0.897. The Balaban J connectivity index is 2.20. The van der Waals surface area contributed by atoms with Crippen molar-refractivity contribution in [1.29, 1.82) is 0 Å². The van der Waals surface area contributed by atoms with Crippen LogP contribution in [-0.4, -0.2) is 61.5 Å². The van der Waals surface area contributed by atoms with E-state index in [0.717, 1.165) is 57.8 Å². The van der Waals surface area contributed by atoms with Crippen LogP contribution in [0.3, 0.4) is 0 Å². The number of hydrogen-bond donors (Lipinski definition) is 2. The molecule has 294 valence electrons. The molecule has 0 radical (unpaired) electrons. The van der Waals surface area contributed by atoms with Crippen LogP contribution in [0.4, 0.5) is 0 Å². The van der Waals surface area contributed by atoms with E-state index in [-0.39, 0.29) is 38.6 Å². The molecular formula is C39H74NO9P. The molecule has 10 nitrogen and oxygen atoms in total. The van der Waals surface area contributed by atoms with Gasteiger partial charge in [-0.25, -0.2) is 4.57 Å². The molecule has 0 aliphatic carbocycles. The summed E-state index contributed by atoms with van der Waals surface area (Å²) in [6.45, 7) is 3.68. The summed E-state index contributed by atoms with van der Waals surface area (Å²) in [6, 6.07) is 0. The van der Waals surface area contributed by atoms with Gasteiger partial charge in [0.25, 0.3) is 0 Å². The van der Waals surface area contributed by atoms with Crippen LogP contribution < -0.4 is 5.73 Å². The second-order valence-electron chi connectivity index (χ2n) is 13.9. The summed E-state index contributed by atoms with van der Waals surface area (Å²) in [5.74, 6) is -0.844. The second-order valence-corrected chi connectivity index (χ2v) is 15.3. The molecule has 50 heavy (non-hydrogen) atoms. The highest BCUT2D eigenvalue weighted by Gasteiger charge is 2.36. The maximum Gasteiger partial charge on any atom is 0.472 e. The fourth-order valence-corrected chi connectivity index (χ4v) is 6.70. The highest BCUT2D eigenvalue weighted by Crippen LogP contribution is 2.43. The van der Waals surface area contributed by atoms with Crippen LogP contribution in [0, 0.1) is 0 Å². The van der Waals surface area contributed by atoms with Gasteiger partial charge in [0.2, 0.25) is 0 Å². The molecule has 4 atom stereocenters. The Kier molecular flexibility index (Phi) is 30.3. The lowest BCUT2D eigenvalue weighted by Gasteiger charge is -2.19. The third kappa shape index (κ3) is 29.3. The van der Waals surface area contributed by atoms with E-state index in [9.17, 15) is 19.0 Å². The van der Waals surface area contributed by atoms with E-state index in [2.05, 4.69) is 26.0 Å². The van der Waals surface area contributed by atoms with Gasteiger partial charge in [0.15, 0.2) is 6.10 Å². The van der Waals surface area contributed by atoms with Crippen LogP contribution in [0.25, 0.3) is 0 Å². The smallest absolute Gasteiger partial charge is 0.462 e. The summed E-state index contributed by atoms with van der Waals surface area (Å²) >= 11 is 0. The van der Waals surface area contributed by atoms with E-state index in [1.807, 2.05) is 0 Å². The zero-order valence-corrected chi connectivity index (χ0v) is 32.7. The van der Waals surface area contributed by atoms with E-state index in [0.29, 0.717) is 18.6 Å². The quantitative estimate of drug-likeness (QED) is 0.0208. The van der Waals surface area contributed by atoms with Crippen molar-refractivity contribution in [2.24, 2.45) is 5.73 Å². The summed E-state index contributed by atoms with van der Waals surface area (Å²) < 4.78 is 38.4. The van der Waals surface area contributed by atoms with Crippen molar-refractivity contribution in [2.45, 2.75) is 199 Å². The van der Waals surface area contributed by atoms with E-state index < -0.39 is 26.5 Å². The third-order valence-corrected chi connectivity index (χ3v) is 10.1. The summed E-state index contributed by atoms with van der Waals surface area (Å²) in [4.78, 5) is 34.8. The highest BCUT2D eigenvalue weighted by molar-refractivity contribution is 7.47. The number of phosphoric acid groups is 1. The summed E-state index contributed by atoms with van der Waals surface area (Å²) in [7, 11) is -4.38. The lowest BCUT2D eigenvalue weighted by molar-refractivity contribution is -0.161. The van der Waals surface area contributed by atoms with Gasteiger partial charge in [0, 0.05) is 19.4 Å². The van der Waals surface area contributed by atoms with Crippen molar-refractivity contribution in [3.05, 3.63) is 12.2 Å². The van der Waals surface area contributed by atoms with E-state index in [1.54, 1.807) is 0 Å². The molecule has 1 fully saturated rings. The molecule has 1 heterocycles. The lowest BCUT2D eigenvalue weighted by atomic mass is 10.0. The maximum atomic E-state index is 12.6. The zero-order valence-electron chi connectivity index (χ0n) is 31.8. The lowest BCUT2D eigenvalue weighted by Crippen LogP contribution is -2.29. The molecule has 0 aromatic rings. The molecule has 3 N–H and O–H groups in total. The Hall–Kier alpha value is -1.29. The molecule has 0 spiro atoms.